The van der Waals surface area contributed by atoms with E-state index < -0.39 is 7.54 Å². The number of hydrazine groups is 1. The van der Waals surface area contributed by atoms with Crippen LogP contribution in [0.4, 0.5) is 24.3 Å². The first-order chi connectivity index (χ1) is 13.2. The van der Waals surface area contributed by atoms with Gasteiger partial charge in [0.25, 0.3) is 0 Å². The molecular weight excluding hydrogens is 383 g/mol. The Morgan fingerprint density at radius 3 is 1.59 bits per heavy atom. The molecule has 0 bridgehead atoms. The number of hydrogen-bond donors (Lipinski definition) is 0. The topological polar surface area (TPSA) is 31.2 Å². The molecule has 1 aliphatic heterocycles. The standard InChI is InChI=1S/C19H16N4.CH4.BF3.FH/c1-4-10-16(11-5-1)19-20-21-23(18-14-8-3-9-15-18)22(19)17-12-6-2-7-13-17;;2-1(3)4;/h1-15,19H;1H4;;1H/p-1. The summed E-state index contributed by atoms with van der Waals surface area (Å²) in [7, 11) is -3.67. The maximum Gasteiger partial charge on any atom is 0.762 e. The minimum absolute atomic E-state index is 0. The van der Waals surface area contributed by atoms with Gasteiger partial charge in [0.05, 0.1) is 11.4 Å². The SMILES string of the molecule is C.FB(F)F.[F-].c1ccc(C2N=NN(c3ccccc3)N2c2ccccc2)cc1. The van der Waals surface area contributed by atoms with Crippen LogP contribution in [0.1, 0.15) is 19.2 Å². The number of rotatable bonds is 3. The van der Waals surface area contributed by atoms with Crippen LogP contribution in [0, 0.1) is 0 Å². The van der Waals surface area contributed by atoms with Crippen LogP contribution in [-0.2, 0) is 0 Å². The first-order valence-electron chi connectivity index (χ1n) is 8.24. The van der Waals surface area contributed by atoms with Crippen molar-refractivity contribution >= 4 is 18.9 Å². The quantitative estimate of drug-likeness (QED) is 0.495. The molecule has 1 atom stereocenters. The van der Waals surface area contributed by atoms with Crippen LogP contribution in [0.5, 0.6) is 0 Å². The Morgan fingerprint density at radius 2 is 1.10 bits per heavy atom. The third-order valence-electron chi connectivity index (χ3n) is 3.79. The lowest BCUT2D eigenvalue weighted by molar-refractivity contribution is -0.00000852. The molecule has 0 saturated carbocycles. The fourth-order valence-corrected chi connectivity index (χ4v) is 2.70. The summed E-state index contributed by atoms with van der Waals surface area (Å²) in [4.78, 5) is 0. The second-order valence-corrected chi connectivity index (χ2v) is 5.54. The maximum absolute atomic E-state index is 9.67. The number of benzene rings is 3. The predicted octanol–water partition coefficient (Wildman–Crippen LogP) is 3.51. The second-order valence-electron chi connectivity index (χ2n) is 5.54. The average Bonchev–Trinajstić information content (AvgIpc) is 3.15. The molecule has 0 saturated heterocycles. The highest BCUT2D eigenvalue weighted by atomic mass is 19.4. The second kappa shape index (κ2) is 11.5. The number of nitrogens with zero attached hydrogens (tertiary/aromatic N) is 4. The Labute approximate surface area is 167 Å². The summed E-state index contributed by atoms with van der Waals surface area (Å²) in [5, 5.41) is 12.9. The fourth-order valence-electron chi connectivity index (χ4n) is 2.70. The van der Waals surface area contributed by atoms with Crippen LogP contribution < -0.4 is 14.8 Å². The van der Waals surface area contributed by atoms with Crippen molar-refractivity contribution in [2.75, 3.05) is 10.1 Å². The van der Waals surface area contributed by atoms with Gasteiger partial charge in [-0.3, -0.25) is 12.9 Å². The van der Waals surface area contributed by atoms with Gasteiger partial charge in [-0.05, 0) is 29.5 Å². The third kappa shape index (κ3) is 6.07. The van der Waals surface area contributed by atoms with E-state index in [4.69, 9.17) is 0 Å². The number of hydrogen-bond acceptors (Lipinski definition) is 4. The number of para-hydroxylation sites is 2. The van der Waals surface area contributed by atoms with Gasteiger partial charge >= 0.3 is 7.54 Å². The molecule has 0 amide bonds. The van der Waals surface area contributed by atoms with Crippen molar-refractivity contribution in [3.05, 3.63) is 96.6 Å². The Morgan fingerprint density at radius 1 is 0.690 bits per heavy atom. The monoisotopic (exact) mass is 403 g/mol. The van der Waals surface area contributed by atoms with Gasteiger partial charge in [-0.15, -0.1) is 5.11 Å². The molecule has 0 aromatic heterocycles. The molecule has 1 aliphatic rings. The van der Waals surface area contributed by atoms with E-state index >= 15 is 0 Å². The maximum atomic E-state index is 9.67. The molecule has 0 aliphatic carbocycles. The molecule has 9 heteroatoms. The molecule has 0 fully saturated rings. The van der Waals surface area contributed by atoms with Crippen LogP contribution in [0.25, 0.3) is 0 Å². The minimum atomic E-state index is -3.67. The third-order valence-corrected chi connectivity index (χ3v) is 3.79. The first kappa shape index (κ1) is 23.7. The molecule has 152 valence electrons. The van der Waals surface area contributed by atoms with Crippen LogP contribution in [-0.4, -0.2) is 7.54 Å². The van der Waals surface area contributed by atoms with E-state index in [9.17, 15) is 12.9 Å². The molecule has 3 aromatic rings. The zero-order valence-electron chi connectivity index (χ0n) is 14.6. The highest BCUT2D eigenvalue weighted by Gasteiger charge is 2.32. The van der Waals surface area contributed by atoms with E-state index in [0.717, 1.165) is 16.9 Å². The van der Waals surface area contributed by atoms with Crippen molar-refractivity contribution in [1.29, 1.82) is 0 Å². The van der Waals surface area contributed by atoms with Crippen LogP contribution in [0.15, 0.2) is 101 Å². The molecule has 4 rings (SSSR count). The van der Waals surface area contributed by atoms with Crippen LogP contribution in [0.2, 0.25) is 0 Å². The van der Waals surface area contributed by atoms with Gasteiger partial charge < -0.3 is 4.70 Å². The van der Waals surface area contributed by atoms with Gasteiger partial charge in [0, 0.05) is 5.56 Å². The van der Waals surface area contributed by atoms with Gasteiger partial charge in [0.2, 0.25) is 0 Å². The van der Waals surface area contributed by atoms with E-state index in [1.165, 1.54) is 0 Å². The van der Waals surface area contributed by atoms with E-state index in [0.29, 0.717) is 0 Å². The molecule has 0 spiro atoms. The van der Waals surface area contributed by atoms with Crippen molar-refractivity contribution in [2.24, 2.45) is 10.3 Å². The first-order valence-corrected chi connectivity index (χ1v) is 8.24. The largest absolute Gasteiger partial charge is 1.00 e. The van der Waals surface area contributed by atoms with Crippen LogP contribution >= 0.6 is 0 Å². The van der Waals surface area contributed by atoms with Gasteiger partial charge in [-0.1, -0.05) is 74.2 Å². The Hall–Kier alpha value is -3.36. The molecule has 0 radical (unpaired) electrons. The molecule has 1 heterocycles. The van der Waals surface area contributed by atoms with Crippen molar-refractivity contribution < 1.29 is 17.7 Å². The number of halogens is 4. The highest BCUT2D eigenvalue weighted by molar-refractivity contribution is 6.33. The van der Waals surface area contributed by atoms with Gasteiger partial charge in [-0.2, -0.15) is 5.12 Å². The highest BCUT2D eigenvalue weighted by Crippen LogP contribution is 2.37. The van der Waals surface area contributed by atoms with Gasteiger partial charge in [0.15, 0.2) is 6.17 Å². The predicted molar refractivity (Wildman–Crippen MR) is 108 cm³/mol. The van der Waals surface area contributed by atoms with Crippen molar-refractivity contribution in [2.45, 2.75) is 13.6 Å². The smallest absolute Gasteiger partial charge is 0.762 e. The zero-order valence-corrected chi connectivity index (χ0v) is 14.6. The van der Waals surface area contributed by atoms with Gasteiger partial charge in [-0.25, -0.2) is 5.01 Å². The zero-order chi connectivity index (χ0) is 19.1. The summed E-state index contributed by atoms with van der Waals surface area (Å²) < 4.78 is 29.0. The van der Waals surface area contributed by atoms with Crippen LogP contribution in [0.3, 0.4) is 0 Å². The summed E-state index contributed by atoms with van der Waals surface area (Å²) in [5.41, 5.74) is 3.15. The number of anilines is 2. The van der Waals surface area contributed by atoms with E-state index in [2.05, 4.69) is 39.6 Å². The molecule has 3 aromatic carbocycles. The van der Waals surface area contributed by atoms with E-state index in [-0.39, 0.29) is 18.3 Å². The van der Waals surface area contributed by atoms with Crippen molar-refractivity contribution in [1.82, 2.24) is 0 Å². The van der Waals surface area contributed by atoms with Crippen molar-refractivity contribution in [3.63, 3.8) is 0 Å². The fraction of sp³-hybridized carbons (Fsp3) is 0.100. The Kier molecular flexibility index (Phi) is 9.38. The minimum Gasteiger partial charge on any atom is -1.00 e. The summed E-state index contributed by atoms with van der Waals surface area (Å²) in [5.74, 6) is 0. The molecular formula is C20H20BF4N4-. The lowest BCUT2D eigenvalue weighted by atomic mass is 10.1. The Bertz CT molecular complexity index is 802. The molecule has 4 nitrogen and oxygen atoms in total. The van der Waals surface area contributed by atoms with Gasteiger partial charge in [0.1, 0.15) is 0 Å². The molecule has 0 N–H and O–H groups in total. The molecule has 1 unspecified atom stereocenters. The lowest BCUT2D eigenvalue weighted by Crippen LogP contribution is -3.00. The summed E-state index contributed by atoms with van der Waals surface area (Å²) >= 11 is 0. The summed E-state index contributed by atoms with van der Waals surface area (Å²) in [6.07, 6.45) is -0.168. The molecule has 29 heavy (non-hydrogen) atoms. The summed E-state index contributed by atoms with van der Waals surface area (Å²) in [6.45, 7) is 0. The van der Waals surface area contributed by atoms with Crippen molar-refractivity contribution in [3.8, 4) is 0 Å². The normalized spacial score (nSPS) is 14.2. The van der Waals surface area contributed by atoms with E-state index in [1.807, 2.05) is 71.8 Å². The lowest BCUT2D eigenvalue weighted by Gasteiger charge is -2.31. The average molecular weight is 403 g/mol. The van der Waals surface area contributed by atoms with E-state index in [1.54, 1.807) is 0 Å². The Balaban J connectivity index is 0.000000646. The summed E-state index contributed by atoms with van der Waals surface area (Å²) in [6, 6.07) is 30.5.